The van der Waals surface area contributed by atoms with E-state index in [2.05, 4.69) is 10.3 Å². The zero-order valence-electron chi connectivity index (χ0n) is 7.82. The van der Waals surface area contributed by atoms with Gasteiger partial charge in [0.25, 0.3) is 0 Å². The quantitative estimate of drug-likeness (QED) is 0.710. The van der Waals surface area contributed by atoms with Crippen LogP contribution in [-0.4, -0.2) is 20.5 Å². The van der Waals surface area contributed by atoms with Crippen LogP contribution >= 0.6 is 0 Å². The van der Waals surface area contributed by atoms with Crippen LogP contribution in [0.3, 0.4) is 0 Å². The lowest BCUT2D eigenvalue weighted by Crippen LogP contribution is -2.38. The first-order chi connectivity index (χ1) is 6.18. The molecule has 13 heavy (non-hydrogen) atoms. The Kier molecular flexibility index (Phi) is 1.12. The van der Waals surface area contributed by atoms with E-state index in [1.165, 1.54) is 18.5 Å². The Bertz CT molecular complexity index is 346. The topological polar surface area (TPSA) is 56.7 Å². The summed E-state index contributed by atoms with van der Waals surface area (Å²) in [7, 11) is 1.95. The van der Waals surface area contributed by atoms with Crippen molar-refractivity contribution in [3.8, 4) is 0 Å². The molecule has 2 N–H and O–H groups in total. The Balaban J connectivity index is 2.05. The molecule has 2 fully saturated rings. The van der Waals surface area contributed by atoms with Gasteiger partial charge in [-0.15, -0.1) is 5.10 Å². The van der Waals surface area contributed by atoms with Crippen LogP contribution in [0.25, 0.3) is 0 Å². The third-order valence-electron chi connectivity index (χ3n) is 3.70. The van der Waals surface area contributed by atoms with E-state index in [1.807, 2.05) is 17.9 Å². The van der Waals surface area contributed by atoms with Gasteiger partial charge in [-0.1, -0.05) is 5.21 Å². The van der Waals surface area contributed by atoms with Crippen LogP contribution in [0.15, 0.2) is 6.20 Å². The summed E-state index contributed by atoms with van der Waals surface area (Å²) in [5.74, 6) is 0. The largest absolute Gasteiger partial charge is 0.324 e. The van der Waals surface area contributed by atoms with Crippen LogP contribution in [0.2, 0.25) is 0 Å². The van der Waals surface area contributed by atoms with Crippen molar-refractivity contribution in [3.63, 3.8) is 0 Å². The number of nitrogens with two attached hydrogens (primary N) is 1. The van der Waals surface area contributed by atoms with E-state index in [9.17, 15) is 0 Å². The monoisotopic (exact) mass is 178 g/mol. The molecule has 2 saturated carbocycles. The number of hydrogen-bond acceptors (Lipinski definition) is 3. The molecule has 0 unspecified atom stereocenters. The zero-order chi connectivity index (χ0) is 9.10. The minimum absolute atomic E-state index is 0.0719. The summed E-state index contributed by atoms with van der Waals surface area (Å²) in [6, 6.07) is 0. The molecule has 0 bridgehead atoms. The van der Waals surface area contributed by atoms with Crippen LogP contribution in [0, 0.1) is 0 Å². The number of nitrogens with zero attached hydrogens (tertiary/aromatic N) is 3. The molecule has 0 amide bonds. The minimum Gasteiger partial charge on any atom is -0.324 e. The second-order valence-corrected chi connectivity index (χ2v) is 4.48. The summed E-state index contributed by atoms with van der Waals surface area (Å²) in [5.41, 5.74) is 7.81. The van der Waals surface area contributed by atoms with E-state index in [4.69, 9.17) is 5.73 Å². The summed E-state index contributed by atoms with van der Waals surface area (Å²) < 4.78 is 1.87. The average Bonchev–Trinajstić information content (AvgIpc) is 2.98. The third-order valence-corrected chi connectivity index (χ3v) is 3.70. The smallest absolute Gasteiger partial charge is 0.0731 e. The molecule has 1 aromatic heterocycles. The third kappa shape index (κ3) is 0.790. The molecule has 0 saturated heterocycles. The summed E-state index contributed by atoms with van der Waals surface area (Å²) in [6.07, 6.45) is 6.63. The summed E-state index contributed by atoms with van der Waals surface area (Å²) in [5, 5.41) is 7.90. The highest BCUT2D eigenvalue weighted by atomic mass is 15.4. The van der Waals surface area contributed by atoms with Crippen LogP contribution in [0.4, 0.5) is 0 Å². The van der Waals surface area contributed by atoms with E-state index in [0.29, 0.717) is 0 Å². The van der Waals surface area contributed by atoms with Crippen molar-refractivity contribution >= 4 is 0 Å². The van der Waals surface area contributed by atoms with Crippen molar-refractivity contribution in [1.82, 2.24) is 15.0 Å². The Morgan fingerprint density at radius 2 is 2.08 bits per heavy atom. The predicted octanol–water partition coefficient (Wildman–Crippen LogP) is 0.338. The molecule has 4 nitrogen and oxygen atoms in total. The lowest BCUT2D eigenvalue weighted by atomic mass is 9.91. The molecular weight excluding hydrogens is 164 g/mol. The van der Waals surface area contributed by atoms with Gasteiger partial charge in [-0.2, -0.15) is 0 Å². The fourth-order valence-electron chi connectivity index (χ4n) is 2.47. The molecule has 70 valence electrons. The highest BCUT2D eigenvalue weighted by Gasteiger charge is 2.65. The molecule has 4 heteroatoms. The van der Waals surface area contributed by atoms with Gasteiger partial charge in [0, 0.05) is 18.0 Å². The fourth-order valence-corrected chi connectivity index (χ4v) is 2.47. The maximum atomic E-state index is 6.28. The predicted molar refractivity (Wildman–Crippen MR) is 48.1 cm³/mol. The number of aryl methyl sites for hydroxylation is 1. The molecule has 0 atom stereocenters. The van der Waals surface area contributed by atoms with E-state index in [-0.39, 0.29) is 11.0 Å². The Morgan fingerprint density at radius 3 is 2.46 bits per heavy atom. The fraction of sp³-hybridized carbons (Fsp3) is 0.778. The van der Waals surface area contributed by atoms with E-state index in [1.54, 1.807) is 0 Å². The molecule has 0 aliphatic heterocycles. The maximum Gasteiger partial charge on any atom is 0.0731 e. The zero-order valence-corrected chi connectivity index (χ0v) is 7.82. The molecule has 1 heterocycles. The number of aromatic nitrogens is 3. The van der Waals surface area contributed by atoms with E-state index >= 15 is 0 Å². The van der Waals surface area contributed by atoms with Gasteiger partial charge in [0.1, 0.15) is 0 Å². The lowest BCUT2D eigenvalue weighted by Gasteiger charge is -2.21. The Hall–Kier alpha value is -0.900. The first-order valence-corrected chi connectivity index (χ1v) is 4.82. The van der Waals surface area contributed by atoms with Crippen LogP contribution in [-0.2, 0) is 12.5 Å². The highest BCUT2D eigenvalue weighted by Crippen LogP contribution is 2.63. The average molecular weight is 178 g/mol. The second-order valence-electron chi connectivity index (χ2n) is 4.48. The lowest BCUT2D eigenvalue weighted by molar-refractivity contribution is 0.466. The Morgan fingerprint density at radius 1 is 1.38 bits per heavy atom. The van der Waals surface area contributed by atoms with Crippen molar-refractivity contribution < 1.29 is 0 Å². The van der Waals surface area contributed by atoms with Crippen molar-refractivity contribution in [1.29, 1.82) is 0 Å². The second kappa shape index (κ2) is 1.95. The van der Waals surface area contributed by atoms with E-state index in [0.717, 1.165) is 12.8 Å². The van der Waals surface area contributed by atoms with Crippen molar-refractivity contribution in [2.75, 3.05) is 0 Å². The maximum absolute atomic E-state index is 6.28. The van der Waals surface area contributed by atoms with Gasteiger partial charge in [-0.25, -0.2) is 0 Å². The molecule has 3 rings (SSSR count). The normalized spacial score (nSPS) is 27.2. The van der Waals surface area contributed by atoms with E-state index < -0.39 is 0 Å². The molecule has 0 spiro atoms. The van der Waals surface area contributed by atoms with Crippen molar-refractivity contribution in [2.24, 2.45) is 12.8 Å². The number of hydrogen-bond donors (Lipinski definition) is 1. The molecule has 2 aliphatic carbocycles. The molecular formula is C9H14N4. The standard InChI is InChI=1S/C9H14N4/c1-13-7(6-11-12-13)8(2-3-8)9(10)4-5-9/h6H,2-5,10H2,1H3. The van der Waals surface area contributed by atoms with Crippen molar-refractivity contribution in [3.05, 3.63) is 11.9 Å². The van der Waals surface area contributed by atoms with Gasteiger partial charge < -0.3 is 5.73 Å². The van der Waals surface area contributed by atoms with Gasteiger partial charge in [0.05, 0.1) is 11.9 Å². The van der Waals surface area contributed by atoms with Gasteiger partial charge in [0.15, 0.2) is 0 Å². The number of rotatable bonds is 2. The molecule has 2 aliphatic rings. The van der Waals surface area contributed by atoms with Crippen LogP contribution in [0.1, 0.15) is 31.4 Å². The Labute approximate surface area is 77.1 Å². The summed E-state index contributed by atoms with van der Waals surface area (Å²) >= 11 is 0. The minimum atomic E-state index is 0.0719. The first-order valence-electron chi connectivity index (χ1n) is 4.82. The van der Waals surface area contributed by atoms with Crippen LogP contribution < -0.4 is 5.73 Å². The molecule has 0 aromatic carbocycles. The van der Waals surface area contributed by atoms with Crippen molar-refractivity contribution in [2.45, 2.75) is 36.6 Å². The van der Waals surface area contributed by atoms with Gasteiger partial charge >= 0.3 is 0 Å². The van der Waals surface area contributed by atoms with Gasteiger partial charge in [-0.05, 0) is 25.7 Å². The summed E-state index contributed by atoms with van der Waals surface area (Å²) in [6.45, 7) is 0. The van der Waals surface area contributed by atoms with Crippen LogP contribution in [0.5, 0.6) is 0 Å². The molecule has 0 radical (unpaired) electrons. The summed E-state index contributed by atoms with van der Waals surface area (Å²) in [4.78, 5) is 0. The van der Waals surface area contributed by atoms with Gasteiger partial charge in [-0.3, -0.25) is 4.68 Å². The van der Waals surface area contributed by atoms with Gasteiger partial charge in [0.2, 0.25) is 0 Å². The SMILES string of the molecule is Cn1nncc1C1(C2(N)CC2)CC1. The molecule has 1 aromatic rings. The first kappa shape index (κ1) is 7.50. The highest BCUT2D eigenvalue weighted by molar-refractivity contribution is 5.35.